The van der Waals surface area contributed by atoms with Crippen molar-refractivity contribution in [2.24, 2.45) is 0 Å². The molecular weight excluding hydrogens is 266 g/mol. The lowest BCUT2D eigenvalue weighted by molar-refractivity contribution is -0.432. The van der Waals surface area contributed by atoms with Gasteiger partial charge in [0.05, 0.1) is 18.6 Å². The van der Waals surface area contributed by atoms with Crippen LogP contribution in [0.15, 0.2) is 30.0 Å². The van der Waals surface area contributed by atoms with Gasteiger partial charge >= 0.3 is 5.97 Å². The maximum absolute atomic E-state index is 11.4. The maximum Gasteiger partial charge on any atom is 0.346 e. The molecule has 0 aromatic heterocycles. The van der Waals surface area contributed by atoms with E-state index in [2.05, 4.69) is 4.74 Å². The Morgan fingerprint density at radius 2 is 2.15 bits per heavy atom. The Kier molecular flexibility index (Phi) is 5.67. The van der Waals surface area contributed by atoms with E-state index in [1.54, 1.807) is 31.2 Å². The van der Waals surface area contributed by atoms with Crippen molar-refractivity contribution >= 4 is 12.0 Å². The lowest BCUT2D eigenvalue weighted by Gasteiger charge is -2.08. The number of hydrogen-bond acceptors (Lipinski definition) is 6. The third-order valence-electron chi connectivity index (χ3n) is 2.44. The van der Waals surface area contributed by atoms with Crippen LogP contribution in [0.1, 0.15) is 12.5 Å². The van der Waals surface area contributed by atoms with E-state index in [9.17, 15) is 20.0 Å². The van der Waals surface area contributed by atoms with Gasteiger partial charge in [-0.2, -0.15) is 0 Å². The van der Waals surface area contributed by atoms with E-state index in [0.717, 1.165) is 6.08 Å². The van der Waals surface area contributed by atoms with Gasteiger partial charge in [-0.25, -0.2) is 4.79 Å². The molecule has 1 aromatic rings. The Bertz CT molecular complexity index is 525. The van der Waals surface area contributed by atoms with Crippen LogP contribution in [0.25, 0.3) is 6.08 Å². The van der Waals surface area contributed by atoms with Crippen LogP contribution in [-0.2, 0) is 9.53 Å². The number of rotatable bonds is 6. The van der Waals surface area contributed by atoms with Crippen molar-refractivity contribution in [3.05, 3.63) is 45.6 Å². The van der Waals surface area contributed by atoms with Crippen LogP contribution in [-0.4, -0.2) is 35.8 Å². The third kappa shape index (κ3) is 3.79. The fraction of sp³-hybridized carbons (Fsp3) is 0.308. The Morgan fingerprint density at radius 3 is 2.70 bits per heavy atom. The zero-order valence-corrected chi connectivity index (χ0v) is 11.1. The zero-order chi connectivity index (χ0) is 15.1. The summed E-state index contributed by atoms with van der Waals surface area (Å²) in [7, 11) is 1.42. The summed E-state index contributed by atoms with van der Waals surface area (Å²) in [5.74, 6) is -0.673. The van der Waals surface area contributed by atoms with Crippen molar-refractivity contribution in [1.29, 1.82) is 0 Å². The van der Waals surface area contributed by atoms with Gasteiger partial charge in [0, 0.05) is 11.6 Å². The van der Waals surface area contributed by atoms with E-state index in [1.807, 2.05) is 0 Å². The minimum atomic E-state index is -1.95. The summed E-state index contributed by atoms with van der Waals surface area (Å²) in [5.41, 5.74) is -0.294. The summed E-state index contributed by atoms with van der Waals surface area (Å²) >= 11 is 0. The average molecular weight is 281 g/mol. The Morgan fingerprint density at radius 1 is 1.50 bits per heavy atom. The number of esters is 1. The monoisotopic (exact) mass is 281 g/mol. The Labute approximate surface area is 115 Å². The SMILES string of the molecule is CCOC(=O)[C@H](O)/C(=C\c1ccccc1OC)[N+](=O)[O-]. The minimum Gasteiger partial charge on any atom is -0.496 e. The van der Waals surface area contributed by atoms with Gasteiger partial charge in [-0.05, 0) is 13.0 Å². The highest BCUT2D eigenvalue weighted by Crippen LogP contribution is 2.22. The van der Waals surface area contributed by atoms with E-state index in [-0.39, 0.29) is 6.61 Å². The number of aliphatic hydroxyl groups is 1. The standard InChI is InChI=1S/C13H15NO6/c1-3-20-13(16)12(15)10(14(17)18)8-9-6-4-5-7-11(9)19-2/h4-8,12,15H,3H2,1-2H3/b10-8+/t12-/m1/s1. The molecule has 1 N–H and O–H groups in total. The Hall–Kier alpha value is -2.41. The van der Waals surface area contributed by atoms with Crippen molar-refractivity contribution < 1.29 is 24.3 Å². The molecule has 0 amide bonds. The predicted molar refractivity (Wildman–Crippen MR) is 70.6 cm³/mol. The molecule has 0 fully saturated rings. The molecule has 0 saturated carbocycles. The number of para-hydroxylation sites is 1. The second kappa shape index (κ2) is 7.25. The summed E-state index contributed by atoms with van der Waals surface area (Å²) in [6.07, 6.45) is -0.865. The van der Waals surface area contributed by atoms with Crippen LogP contribution in [0, 0.1) is 10.1 Å². The molecule has 7 nitrogen and oxygen atoms in total. The first kappa shape index (κ1) is 15.6. The predicted octanol–water partition coefficient (Wildman–Crippen LogP) is 1.24. The van der Waals surface area contributed by atoms with Crippen molar-refractivity contribution in [2.45, 2.75) is 13.0 Å². The number of aliphatic hydroxyl groups excluding tert-OH is 1. The number of nitro groups is 1. The van der Waals surface area contributed by atoms with Crippen LogP contribution >= 0.6 is 0 Å². The number of carbonyl (C=O) groups is 1. The molecule has 0 spiro atoms. The summed E-state index contributed by atoms with van der Waals surface area (Å²) < 4.78 is 9.61. The lowest BCUT2D eigenvalue weighted by atomic mass is 10.1. The first-order valence-corrected chi connectivity index (χ1v) is 5.85. The number of benzene rings is 1. The molecule has 1 aromatic carbocycles. The molecule has 0 saturated heterocycles. The van der Waals surface area contributed by atoms with Crippen molar-refractivity contribution in [2.75, 3.05) is 13.7 Å². The number of methoxy groups -OCH3 is 1. The molecule has 0 heterocycles. The molecule has 0 bridgehead atoms. The van der Waals surface area contributed by atoms with E-state index in [0.29, 0.717) is 11.3 Å². The van der Waals surface area contributed by atoms with Gasteiger partial charge in [-0.1, -0.05) is 18.2 Å². The number of hydrogen-bond donors (Lipinski definition) is 1. The number of nitrogens with zero attached hydrogens (tertiary/aromatic N) is 1. The van der Waals surface area contributed by atoms with Crippen LogP contribution in [0.2, 0.25) is 0 Å². The molecule has 0 radical (unpaired) electrons. The van der Waals surface area contributed by atoms with Crippen molar-refractivity contribution in [3.8, 4) is 5.75 Å². The van der Waals surface area contributed by atoms with Gasteiger partial charge in [0.1, 0.15) is 5.75 Å². The highest BCUT2D eigenvalue weighted by molar-refractivity contribution is 5.79. The molecule has 0 aliphatic heterocycles. The molecule has 1 atom stereocenters. The van der Waals surface area contributed by atoms with Crippen LogP contribution < -0.4 is 4.74 Å². The van der Waals surface area contributed by atoms with Crippen molar-refractivity contribution in [1.82, 2.24) is 0 Å². The second-order valence-electron chi connectivity index (χ2n) is 3.72. The molecule has 0 aliphatic rings. The smallest absolute Gasteiger partial charge is 0.346 e. The van der Waals surface area contributed by atoms with E-state index < -0.39 is 22.7 Å². The van der Waals surface area contributed by atoms with E-state index in [4.69, 9.17) is 4.74 Å². The zero-order valence-electron chi connectivity index (χ0n) is 11.1. The first-order chi connectivity index (χ1) is 9.51. The molecule has 0 aliphatic carbocycles. The number of ether oxygens (including phenoxy) is 2. The highest BCUT2D eigenvalue weighted by atomic mass is 16.6. The summed E-state index contributed by atoms with van der Waals surface area (Å²) in [4.78, 5) is 21.5. The summed E-state index contributed by atoms with van der Waals surface area (Å²) in [6.45, 7) is 1.57. The summed E-state index contributed by atoms with van der Waals surface area (Å²) in [5, 5.41) is 20.7. The number of carbonyl (C=O) groups excluding carboxylic acids is 1. The van der Waals surface area contributed by atoms with Gasteiger partial charge in [0.25, 0.3) is 5.70 Å². The maximum atomic E-state index is 11.4. The quantitative estimate of drug-likeness (QED) is 0.478. The molecule has 7 heteroatoms. The fourth-order valence-corrected chi connectivity index (χ4v) is 1.52. The van der Waals surface area contributed by atoms with E-state index >= 15 is 0 Å². The third-order valence-corrected chi connectivity index (χ3v) is 2.44. The normalized spacial score (nSPS) is 12.7. The first-order valence-electron chi connectivity index (χ1n) is 5.85. The fourth-order valence-electron chi connectivity index (χ4n) is 1.52. The topological polar surface area (TPSA) is 98.9 Å². The molecule has 1 rings (SSSR count). The average Bonchev–Trinajstić information content (AvgIpc) is 2.44. The van der Waals surface area contributed by atoms with Crippen LogP contribution in [0.4, 0.5) is 0 Å². The lowest BCUT2D eigenvalue weighted by Crippen LogP contribution is -2.28. The van der Waals surface area contributed by atoms with Gasteiger partial charge < -0.3 is 14.6 Å². The highest BCUT2D eigenvalue weighted by Gasteiger charge is 2.31. The molecular formula is C13H15NO6. The largest absolute Gasteiger partial charge is 0.496 e. The van der Waals surface area contributed by atoms with Gasteiger partial charge in [-0.3, -0.25) is 10.1 Å². The van der Waals surface area contributed by atoms with Crippen LogP contribution in [0.5, 0.6) is 5.75 Å². The molecule has 108 valence electrons. The Balaban J connectivity index is 3.16. The van der Waals surface area contributed by atoms with Crippen LogP contribution in [0.3, 0.4) is 0 Å². The minimum absolute atomic E-state index is 0.0234. The second-order valence-corrected chi connectivity index (χ2v) is 3.72. The molecule has 20 heavy (non-hydrogen) atoms. The molecule has 0 unspecified atom stereocenters. The van der Waals surface area contributed by atoms with E-state index in [1.165, 1.54) is 7.11 Å². The van der Waals surface area contributed by atoms with Crippen molar-refractivity contribution in [3.63, 3.8) is 0 Å². The van der Waals surface area contributed by atoms with Gasteiger partial charge in [0.15, 0.2) is 0 Å². The summed E-state index contributed by atoms with van der Waals surface area (Å²) in [6, 6.07) is 6.53. The van der Waals surface area contributed by atoms with Gasteiger partial charge in [0.2, 0.25) is 6.10 Å². The van der Waals surface area contributed by atoms with Gasteiger partial charge in [-0.15, -0.1) is 0 Å².